The van der Waals surface area contributed by atoms with Crippen LogP contribution in [0.2, 0.25) is 0 Å². The van der Waals surface area contributed by atoms with Crippen LogP contribution in [0.25, 0.3) is 22.5 Å². The third kappa shape index (κ3) is 5.62. The molecule has 0 spiro atoms. The molecule has 3 heterocycles. The van der Waals surface area contributed by atoms with Gasteiger partial charge in [-0.25, -0.2) is 9.97 Å². The van der Waals surface area contributed by atoms with Crippen LogP contribution in [0.15, 0.2) is 71.7 Å². The van der Waals surface area contributed by atoms with Crippen LogP contribution in [0.5, 0.6) is 0 Å². The summed E-state index contributed by atoms with van der Waals surface area (Å²) in [6.07, 6.45) is 0.0955. The van der Waals surface area contributed by atoms with Gasteiger partial charge in [0, 0.05) is 31.8 Å². The molecule has 0 unspecified atom stereocenters. The summed E-state index contributed by atoms with van der Waals surface area (Å²) in [5.41, 5.74) is 1.06. The number of halogens is 3. The molecule has 1 N–H and O–H groups in total. The molecule has 206 valence electrons. The number of anilines is 3. The molecule has 0 aliphatic rings. The number of oxazole rings is 1. The lowest BCUT2D eigenvalue weighted by atomic mass is 9.97. The third-order valence-electron chi connectivity index (χ3n) is 6.32. The molecule has 0 aliphatic carbocycles. The van der Waals surface area contributed by atoms with Crippen LogP contribution in [0.4, 0.5) is 30.8 Å². The van der Waals surface area contributed by atoms with Gasteiger partial charge < -0.3 is 13.9 Å². The summed E-state index contributed by atoms with van der Waals surface area (Å²) in [7, 11) is 3.35. The van der Waals surface area contributed by atoms with E-state index in [4.69, 9.17) is 4.42 Å². The number of nitrogens with zero attached hydrogens (tertiary/aromatic N) is 7. The summed E-state index contributed by atoms with van der Waals surface area (Å²) in [5, 5.41) is 20.7. The second-order valence-electron chi connectivity index (χ2n) is 9.04. The van der Waals surface area contributed by atoms with E-state index in [0.29, 0.717) is 34.4 Å². The molecule has 10 nitrogen and oxygen atoms in total. The number of nitriles is 1. The third-order valence-corrected chi connectivity index (χ3v) is 6.32. The van der Waals surface area contributed by atoms with Gasteiger partial charge in [-0.05, 0) is 53.1 Å². The second-order valence-corrected chi connectivity index (χ2v) is 9.04. The lowest BCUT2D eigenvalue weighted by Gasteiger charge is -2.23. The lowest BCUT2D eigenvalue weighted by Crippen LogP contribution is -2.22. The van der Waals surface area contributed by atoms with Crippen molar-refractivity contribution in [2.75, 3.05) is 17.3 Å². The number of hydrogen-bond donors (Lipinski definition) is 1. The quantitative estimate of drug-likeness (QED) is 0.242. The van der Waals surface area contributed by atoms with Gasteiger partial charge in [-0.1, -0.05) is 12.1 Å². The van der Waals surface area contributed by atoms with Gasteiger partial charge in [0.2, 0.25) is 0 Å². The Morgan fingerprint density at radius 2 is 2.00 bits per heavy atom. The number of carbonyl (C=O) groups excluding carboxylic acids is 1. The standard InChI is InChI=1S/C28H21F3N8O2/c1-38(14-22-18(15-40)4-3-5-23(22)28(29,30)31)25-12-19(11-24(35-25)36-27-33-8-9-41-27)21-10-17(13-32)6-7-20(21)26-37-34-16-39(26)2/h3-12,15-16H,14H2,1-2H3,(H,33,35,36). The summed E-state index contributed by atoms with van der Waals surface area (Å²) < 4.78 is 48.6. The van der Waals surface area contributed by atoms with Crippen LogP contribution in [-0.2, 0) is 19.8 Å². The van der Waals surface area contributed by atoms with E-state index < -0.39 is 11.7 Å². The summed E-state index contributed by atoms with van der Waals surface area (Å²) in [4.78, 5) is 21.8. The Kier molecular flexibility index (Phi) is 7.22. The first-order valence-electron chi connectivity index (χ1n) is 12.1. The molecular formula is C28H21F3N8O2. The molecule has 0 aliphatic heterocycles. The van der Waals surface area contributed by atoms with E-state index in [9.17, 15) is 23.2 Å². The minimum absolute atomic E-state index is 0.0766. The number of aromatic nitrogens is 5. The Morgan fingerprint density at radius 3 is 2.66 bits per heavy atom. The van der Waals surface area contributed by atoms with Crippen LogP contribution in [-0.4, -0.2) is 38.1 Å². The topological polar surface area (TPSA) is 126 Å². The molecule has 0 radical (unpaired) electrons. The first-order chi connectivity index (χ1) is 19.7. The van der Waals surface area contributed by atoms with Crippen LogP contribution in [0, 0.1) is 11.3 Å². The molecule has 13 heteroatoms. The van der Waals surface area contributed by atoms with Crippen molar-refractivity contribution in [2.45, 2.75) is 12.7 Å². The van der Waals surface area contributed by atoms with Crippen molar-refractivity contribution >= 4 is 23.9 Å². The summed E-state index contributed by atoms with van der Waals surface area (Å²) in [6, 6.07) is 14.2. The fourth-order valence-electron chi connectivity index (χ4n) is 4.38. The minimum atomic E-state index is -4.66. The van der Waals surface area contributed by atoms with Crippen molar-refractivity contribution in [3.8, 4) is 28.6 Å². The molecule has 0 amide bonds. The van der Waals surface area contributed by atoms with Crippen LogP contribution >= 0.6 is 0 Å². The SMILES string of the molecule is CN(Cc1c(C=O)cccc1C(F)(F)F)c1cc(-c2cc(C#N)ccc2-c2nncn2C)cc(Nc2ncco2)n1. The van der Waals surface area contributed by atoms with Gasteiger partial charge in [0.1, 0.15) is 30.5 Å². The molecular weight excluding hydrogens is 537 g/mol. The smallest absolute Gasteiger partial charge is 0.416 e. The summed E-state index contributed by atoms with van der Waals surface area (Å²) >= 11 is 0. The first kappa shape index (κ1) is 27.1. The molecule has 0 atom stereocenters. The Balaban J connectivity index is 1.66. The van der Waals surface area contributed by atoms with Gasteiger partial charge in [0.05, 0.1) is 23.4 Å². The second kappa shape index (κ2) is 10.9. The Labute approximate surface area is 231 Å². The van der Waals surface area contributed by atoms with Gasteiger partial charge in [0.25, 0.3) is 6.01 Å². The molecule has 0 saturated carbocycles. The van der Waals surface area contributed by atoms with Gasteiger partial charge in [-0.2, -0.15) is 18.4 Å². The van der Waals surface area contributed by atoms with Crippen LogP contribution in [0.3, 0.4) is 0 Å². The van der Waals surface area contributed by atoms with E-state index >= 15 is 0 Å². The van der Waals surface area contributed by atoms with Crippen molar-refractivity contribution in [1.82, 2.24) is 24.7 Å². The van der Waals surface area contributed by atoms with Crippen LogP contribution in [0.1, 0.15) is 27.0 Å². The molecule has 41 heavy (non-hydrogen) atoms. The predicted molar refractivity (Wildman–Crippen MR) is 143 cm³/mol. The fourth-order valence-corrected chi connectivity index (χ4v) is 4.38. The number of aldehydes is 1. The normalized spacial score (nSPS) is 11.2. The van der Waals surface area contributed by atoms with E-state index in [2.05, 4.69) is 31.6 Å². The van der Waals surface area contributed by atoms with E-state index in [1.54, 1.807) is 55.3 Å². The predicted octanol–water partition coefficient (Wildman–Crippen LogP) is 5.62. The maximum atomic E-state index is 13.8. The average molecular weight is 559 g/mol. The maximum absolute atomic E-state index is 13.8. The zero-order valence-electron chi connectivity index (χ0n) is 21.7. The number of benzene rings is 2. The summed E-state index contributed by atoms with van der Waals surface area (Å²) in [6.45, 7) is -0.271. The molecule has 0 fully saturated rings. The van der Waals surface area contributed by atoms with Gasteiger partial charge >= 0.3 is 6.18 Å². The highest BCUT2D eigenvalue weighted by atomic mass is 19.4. The van der Waals surface area contributed by atoms with Gasteiger partial charge in [-0.3, -0.25) is 10.1 Å². The Morgan fingerprint density at radius 1 is 1.17 bits per heavy atom. The van der Waals surface area contributed by atoms with Crippen molar-refractivity contribution in [1.29, 1.82) is 5.26 Å². The number of alkyl halides is 3. The van der Waals surface area contributed by atoms with Crippen molar-refractivity contribution in [3.05, 3.63) is 89.6 Å². The van der Waals surface area contributed by atoms with Gasteiger partial charge in [-0.15, -0.1) is 10.2 Å². The Bertz CT molecular complexity index is 1760. The number of pyridine rings is 1. The zero-order valence-corrected chi connectivity index (χ0v) is 21.7. The van der Waals surface area contributed by atoms with Gasteiger partial charge in [0.15, 0.2) is 5.82 Å². The highest BCUT2D eigenvalue weighted by Gasteiger charge is 2.34. The molecule has 0 saturated heterocycles. The number of hydrogen-bond acceptors (Lipinski definition) is 9. The number of aryl methyl sites for hydroxylation is 1. The minimum Gasteiger partial charge on any atom is -0.432 e. The zero-order chi connectivity index (χ0) is 29.1. The Hall–Kier alpha value is -5.51. The van der Waals surface area contributed by atoms with Crippen molar-refractivity contribution in [3.63, 3.8) is 0 Å². The number of nitrogens with one attached hydrogen (secondary N) is 1. The first-order valence-corrected chi connectivity index (χ1v) is 12.1. The largest absolute Gasteiger partial charge is 0.432 e. The van der Waals surface area contributed by atoms with Crippen molar-refractivity contribution < 1.29 is 22.4 Å². The van der Waals surface area contributed by atoms with Crippen molar-refractivity contribution in [2.24, 2.45) is 7.05 Å². The molecule has 2 aromatic carbocycles. The lowest BCUT2D eigenvalue weighted by molar-refractivity contribution is -0.138. The fraction of sp³-hybridized carbons (Fsp3) is 0.143. The highest BCUT2D eigenvalue weighted by Crippen LogP contribution is 2.37. The molecule has 3 aromatic heterocycles. The molecule has 5 rings (SSSR count). The van der Waals surface area contributed by atoms with Crippen LogP contribution < -0.4 is 10.2 Å². The molecule has 5 aromatic rings. The highest BCUT2D eigenvalue weighted by molar-refractivity contribution is 5.84. The van der Waals surface area contributed by atoms with E-state index in [1.807, 2.05) is 0 Å². The monoisotopic (exact) mass is 558 g/mol. The van der Waals surface area contributed by atoms with E-state index in [0.717, 1.165) is 6.07 Å². The number of rotatable bonds is 8. The number of carbonyl (C=O) groups is 1. The van der Waals surface area contributed by atoms with E-state index in [1.165, 1.54) is 29.5 Å². The summed E-state index contributed by atoms with van der Waals surface area (Å²) in [5.74, 6) is 1.09. The van der Waals surface area contributed by atoms with E-state index in [-0.39, 0.29) is 35.3 Å². The average Bonchev–Trinajstić information content (AvgIpc) is 3.63. The maximum Gasteiger partial charge on any atom is 0.416 e. The molecule has 0 bridgehead atoms.